The second-order valence-electron chi connectivity index (χ2n) is 3.34. The van der Waals surface area contributed by atoms with Crippen LogP contribution in [-0.2, 0) is 9.09 Å². The Balaban J connectivity index is -0.000000167. The molecule has 0 aliphatic rings. The summed E-state index contributed by atoms with van der Waals surface area (Å²) in [6, 6.07) is 0. The second-order valence-corrected chi connectivity index (χ2v) is 4.58. The van der Waals surface area contributed by atoms with Crippen molar-refractivity contribution in [3.05, 3.63) is 0 Å². The molecule has 0 atom stereocenters. The molecule has 2 radical (unpaired) electrons. The third-order valence-electron chi connectivity index (χ3n) is 1.02. The van der Waals surface area contributed by atoms with Gasteiger partial charge in [-0.3, -0.25) is 4.52 Å². The summed E-state index contributed by atoms with van der Waals surface area (Å²) < 4.78 is 15.1. The van der Waals surface area contributed by atoms with E-state index in [1.165, 1.54) is 0 Å². The summed E-state index contributed by atoms with van der Waals surface area (Å²) in [6.45, 7) is 0.652. The first-order chi connectivity index (χ1) is 4.71. The minimum absolute atomic E-state index is 0. The number of phosphoric ester groups is 1. The maximum absolute atomic E-state index is 10.2. The van der Waals surface area contributed by atoms with E-state index in [0.717, 1.165) is 0 Å². The van der Waals surface area contributed by atoms with Gasteiger partial charge in [0.2, 0.25) is 0 Å². The van der Waals surface area contributed by atoms with Crippen LogP contribution >= 0.6 is 7.82 Å². The Labute approximate surface area is 135 Å². The van der Waals surface area contributed by atoms with Crippen LogP contribution in [0.2, 0.25) is 0 Å². The maximum Gasteiger partial charge on any atom is 0.469 e. The standard InChI is InChI=1S/C5H14NO4P.ClH.2Na/c1-6(2,3)4-5-10-11(7,8)9;;;/h4-5H2,1-3H3,(H-,7,8,9);1H;;. The molecular weight excluding hydrogens is 250 g/mol. The molecule has 2 N–H and O–H groups in total. The molecule has 0 saturated carbocycles. The van der Waals surface area contributed by atoms with Gasteiger partial charge in [-0.25, -0.2) is 4.57 Å². The van der Waals surface area contributed by atoms with Crippen LogP contribution in [-0.4, -0.2) is 108 Å². The van der Waals surface area contributed by atoms with Gasteiger partial charge in [0.25, 0.3) is 0 Å². The van der Waals surface area contributed by atoms with Crippen molar-refractivity contribution in [2.75, 3.05) is 34.3 Å². The predicted octanol–water partition coefficient (Wildman–Crippen LogP) is -3.96. The van der Waals surface area contributed by atoms with E-state index < -0.39 is 7.82 Å². The Kier molecular flexibility index (Phi) is 19.0. The molecule has 14 heavy (non-hydrogen) atoms. The van der Waals surface area contributed by atoms with Crippen molar-refractivity contribution in [2.24, 2.45) is 0 Å². The molecule has 0 aromatic heterocycles. The number of hydrogen-bond donors (Lipinski definition) is 2. The summed E-state index contributed by atoms with van der Waals surface area (Å²) >= 11 is 0. The molecule has 0 aromatic carbocycles. The molecule has 0 bridgehead atoms. The third-order valence-corrected chi connectivity index (χ3v) is 1.54. The van der Waals surface area contributed by atoms with Crippen molar-refractivity contribution in [3.8, 4) is 0 Å². The Bertz CT molecular complexity index is 172. The van der Waals surface area contributed by atoms with Crippen molar-refractivity contribution in [1.82, 2.24) is 0 Å². The van der Waals surface area contributed by atoms with Crippen LogP contribution in [0.15, 0.2) is 0 Å². The van der Waals surface area contributed by atoms with E-state index in [1.54, 1.807) is 0 Å². The van der Waals surface area contributed by atoms with E-state index in [0.29, 0.717) is 11.0 Å². The van der Waals surface area contributed by atoms with Gasteiger partial charge in [0.15, 0.2) is 0 Å². The van der Waals surface area contributed by atoms with Crippen molar-refractivity contribution in [2.45, 2.75) is 0 Å². The van der Waals surface area contributed by atoms with Gasteiger partial charge in [0.1, 0.15) is 13.2 Å². The molecule has 9 heteroatoms. The summed E-state index contributed by atoms with van der Waals surface area (Å²) in [5.41, 5.74) is 0. The average Bonchev–Trinajstić information content (AvgIpc) is 1.55. The molecule has 0 aromatic rings. The summed E-state index contributed by atoms with van der Waals surface area (Å²) in [4.78, 5) is 16.6. The molecule has 0 unspecified atom stereocenters. The van der Waals surface area contributed by atoms with Crippen LogP contribution in [0.4, 0.5) is 0 Å². The van der Waals surface area contributed by atoms with E-state index in [1.807, 2.05) is 21.1 Å². The summed E-state index contributed by atoms with van der Waals surface area (Å²) in [5.74, 6) is 0. The number of likely N-dealkylation sites (N-methyl/N-ethyl adjacent to an activating group) is 1. The molecule has 0 spiro atoms. The zero-order valence-corrected chi connectivity index (χ0v) is 15.0. The van der Waals surface area contributed by atoms with Gasteiger partial charge < -0.3 is 26.7 Å². The van der Waals surface area contributed by atoms with Crippen LogP contribution in [0, 0.1) is 0 Å². The minimum Gasteiger partial charge on any atom is -1.00 e. The Morgan fingerprint density at radius 2 is 1.57 bits per heavy atom. The van der Waals surface area contributed by atoms with Gasteiger partial charge in [0.05, 0.1) is 21.1 Å². The van der Waals surface area contributed by atoms with E-state index in [4.69, 9.17) is 9.79 Å². The molecular formula is C5H15ClNNa2O4P. The number of hydrogen-bond acceptors (Lipinski definition) is 2. The topological polar surface area (TPSA) is 66.8 Å². The fourth-order valence-corrected chi connectivity index (χ4v) is 0.753. The monoisotopic (exact) mass is 265 g/mol. The molecule has 0 aliphatic heterocycles. The van der Waals surface area contributed by atoms with E-state index in [2.05, 4.69) is 4.52 Å². The van der Waals surface area contributed by atoms with Crippen molar-refractivity contribution >= 4 is 66.9 Å². The van der Waals surface area contributed by atoms with Crippen molar-refractivity contribution in [3.63, 3.8) is 0 Å². The first kappa shape index (κ1) is 25.3. The zero-order chi connectivity index (χ0) is 9.12. The van der Waals surface area contributed by atoms with Crippen LogP contribution in [0.1, 0.15) is 0 Å². The Morgan fingerprint density at radius 1 is 1.21 bits per heavy atom. The van der Waals surface area contributed by atoms with E-state index in [9.17, 15) is 4.57 Å². The van der Waals surface area contributed by atoms with Gasteiger partial charge in [-0.05, 0) is 0 Å². The normalized spacial score (nSPS) is 10.6. The Morgan fingerprint density at radius 3 is 1.79 bits per heavy atom. The number of rotatable bonds is 4. The fourth-order valence-electron chi connectivity index (χ4n) is 0.434. The van der Waals surface area contributed by atoms with Crippen LogP contribution in [0.3, 0.4) is 0 Å². The molecule has 0 amide bonds. The van der Waals surface area contributed by atoms with Crippen molar-refractivity contribution in [1.29, 1.82) is 0 Å². The minimum atomic E-state index is -4.26. The number of halogens is 1. The van der Waals surface area contributed by atoms with Gasteiger partial charge >= 0.3 is 7.82 Å². The predicted molar refractivity (Wildman–Crippen MR) is 52.4 cm³/mol. The second kappa shape index (κ2) is 10.5. The molecule has 0 rings (SSSR count). The SMILES string of the molecule is C[N+](C)(C)CCOP(=O)(O)O.[Cl-].[Na].[Na]. The molecule has 0 saturated heterocycles. The van der Waals surface area contributed by atoms with E-state index in [-0.39, 0.29) is 78.1 Å². The van der Waals surface area contributed by atoms with Gasteiger partial charge in [-0.1, -0.05) is 0 Å². The number of nitrogens with zero attached hydrogens (tertiary/aromatic N) is 1. The van der Waals surface area contributed by atoms with Crippen LogP contribution in [0.5, 0.6) is 0 Å². The first-order valence-corrected chi connectivity index (χ1v) is 4.74. The molecule has 5 nitrogen and oxygen atoms in total. The van der Waals surface area contributed by atoms with Gasteiger partial charge in [-0.2, -0.15) is 0 Å². The van der Waals surface area contributed by atoms with E-state index >= 15 is 0 Å². The smallest absolute Gasteiger partial charge is 0.469 e. The third kappa shape index (κ3) is 23.9. The zero-order valence-electron chi connectivity index (χ0n) is 9.40. The number of phosphoric acid groups is 1. The Hall–Kier alpha value is 2.36. The summed E-state index contributed by atoms with van der Waals surface area (Å²) in [7, 11) is 1.50. The largest absolute Gasteiger partial charge is 1.00 e. The quantitative estimate of drug-likeness (QED) is 0.309. The summed E-state index contributed by atoms with van der Waals surface area (Å²) in [5, 5.41) is 0. The fraction of sp³-hybridized carbons (Fsp3) is 1.00. The van der Waals surface area contributed by atoms with Crippen LogP contribution < -0.4 is 12.4 Å². The maximum atomic E-state index is 10.2. The van der Waals surface area contributed by atoms with Gasteiger partial charge in [-0.15, -0.1) is 0 Å². The molecule has 0 aliphatic carbocycles. The molecule has 0 heterocycles. The number of quaternary nitrogens is 1. The van der Waals surface area contributed by atoms with Crippen molar-refractivity contribution < 1.29 is 35.8 Å². The molecule has 78 valence electrons. The average molecular weight is 266 g/mol. The van der Waals surface area contributed by atoms with Gasteiger partial charge in [0, 0.05) is 59.1 Å². The molecule has 0 fully saturated rings. The van der Waals surface area contributed by atoms with Crippen LogP contribution in [0.25, 0.3) is 0 Å². The first-order valence-electron chi connectivity index (χ1n) is 3.21. The summed E-state index contributed by atoms with van der Waals surface area (Å²) in [6.07, 6.45) is 0.